The normalized spacial score (nSPS) is 13.4. The minimum Gasteiger partial charge on any atom is -0.494 e. The number of ether oxygens (including phenoxy) is 2. The van der Waals surface area contributed by atoms with Crippen LogP contribution in [0.15, 0.2) is 130 Å². The SMILES string of the molecule is O=c1c2ccccc2c(C=NC(c2ccc3c(c2)OCCO3)c2ccccc2Cl)c(O)n1-c1cccc(S(=O)(=O)Nc2ccccc2F)c1. The first-order valence-electron chi connectivity index (χ1n) is 15.1. The molecule has 12 heteroatoms. The maximum absolute atomic E-state index is 14.3. The van der Waals surface area contributed by atoms with E-state index in [-0.39, 0.29) is 27.2 Å². The highest BCUT2D eigenvalue weighted by atomic mass is 35.5. The van der Waals surface area contributed by atoms with Crippen molar-refractivity contribution in [2.24, 2.45) is 4.99 Å². The van der Waals surface area contributed by atoms with E-state index in [0.717, 1.165) is 16.2 Å². The zero-order chi connectivity index (χ0) is 34.1. The minimum atomic E-state index is -4.28. The molecule has 0 saturated carbocycles. The predicted octanol–water partition coefficient (Wildman–Crippen LogP) is 7.27. The lowest BCUT2D eigenvalue weighted by molar-refractivity contribution is 0.171. The molecule has 0 saturated heterocycles. The van der Waals surface area contributed by atoms with E-state index in [9.17, 15) is 22.7 Å². The van der Waals surface area contributed by atoms with Crippen LogP contribution in [-0.4, -0.2) is 37.5 Å². The van der Waals surface area contributed by atoms with Gasteiger partial charge in [0, 0.05) is 22.0 Å². The van der Waals surface area contributed by atoms with Crippen molar-refractivity contribution >= 4 is 44.3 Å². The monoisotopic (exact) mass is 695 g/mol. The lowest BCUT2D eigenvalue weighted by atomic mass is 9.98. The Morgan fingerprint density at radius 3 is 2.37 bits per heavy atom. The van der Waals surface area contributed by atoms with Crippen LogP contribution in [0.1, 0.15) is 22.7 Å². The molecule has 0 aliphatic carbocycles. The molecule has 49 heavy (non-hydrogen) atoms. The van der Waals surface area contributed by atoms with Gasteiger partial charge in [-0.3, -0.25) is 14.5 Å². The molecular weight excluding hydrogens is 669 g/mol. The second-order valence-corrected chi connectivity index (χ2v) is 13.2. The molecule has 0 spiro atoms. The number of fused-ring (bicyclic) bond motifs is 2. The summed E-state index contributed by atoms with van der Waals surface area (Å²) < 4.78 is 55.6. The Morgan fingerprint density at radius 1 is 0.857 bits per heavy atom. The van der Waals surface area contributed by atoms with Gasteiger partial charge >= 0.3 is 0 Å². The largest absolute Gasteiger partial charge is 0.494 e. The number of pyridine rings is 1. The summed E-state index contributed by atoms with van der Waals surface area (Å²) >= 11 is 6.66. The molecule has 7 rings (SSSR count). The van der Waals surface area contributed by atoms with Gasteiger partial charge < -0.3 is 14.6 Å². The second-order valence-electron chi connectivity index (χ2n) is 11.1. The van der Waals surface area contributed by atoms with Crippen LogP contribution in [0.25, 0.3) is 16.5 Å². The molecule has 2 heterocycles. The minimum absolute atomic E-state index is 0.0637. The van der Waals surface area contributed by atoms with E-state index < -0.39 is 33.3 Å². The number of hydrogen-bond donors (Lipinski definition) is 2. The quantitative estimate of drug-likeness (QED) is 0.162. The highest BCUT2D eigenvalue weighted by molar-refractivity contribution is 7.92. The first-order valence-corrected chi connectivity index (χ1v) is 17.0. The summed E-state index contributed by atoms with van der Waals surface area (Å²) in [5.41, 5.74) is 0.886. The molecule has 1 atom stereocenters. The van der Waals surface area contributed by atoms with Crippen molar-refractivity contribution in [3.8, 4) is 23.1 Å². The maximum atomic E-state index is 14.3. The summed E-state index contributed by atoms with van der Waals surface area (Å²) in [7, 11) is -4.28. The summed E-state index contributed by atoms with van der Waals surface area (Å²) in [6.45, 7) is 0.844. The standard InChI is InChI=1S/C37H27ClFN3O6S/c38-30-13-4-3-12-28(30)35(23-16-17-33-34(20-23)48-19-18-47-33)40-22-29-26-10-1-2-11-27(26)36(43)42(37(29)44)24-8-7-9-25(21-24)49(45,46)41-32-15-6-5-14-31(32)39/h1-17,20-22,35,41,44H,18-19H2. The van der Waals surface area contributed by atoms with Crippen LogP contribution < -0.4 is 19.8 Å². The summed E-state index contributed by atoms with van der Waals surface area (Å²) in [6.07, 6.45) is 1.47. The van der Waals surface area contributed by atoms with E-state index in [1.165, 1.54) is 48.7 Å². The number of rotatable bonds is 8. The van der Waals surface area contributed by atoms with Crippen molar-refractivity contribution in [1.29, 1.82) is 0 Å². The Morgan fingerprint density at radius 2 is 1.57 bits per heavy atom. The van der Waals surface area contributed by atoms with Crippen LogP contribution in [0.3, 0.4) is 0 Å². The first kappa shape index (κ1) is 31.9. The number of aliphatic imine (C=N–C) groups is 1. The van der Waals surface area contributed by atoms with Gasteiger partial charge in [-0.05, 0) is 65.7 Å². The van der Waals surface area contributed by atoms with Crippen LogP contribution in [0.4, 0.5) is 10.1 Å². The first-order chi connectivity index (χ1) is 23.7. The van der Waals surface area contributed by atoms with Crippen molar-refractivity contribution in [3.63, 3.8) is 0 Å². The highest BCUT2D eigenvalue weighted by Gasteiger charge is 2.23. The molecule has 6 aromatic rings. The van der Waals surface area contributed by atoms with Gasteiger partial charge in [0.25, 0.3) is 15.6 Å². The number of aromatic nitrogens is 1. The lowest BCUT2D eigenvalue weighted by Crippen LogP contribution is -2.21. The van der Waals surface area contributed by atoms with Crippen molar-refractivity contribution in [2.75, 3.05) is 17.9 Å². The van der Waals surface area contributed by atoms with Crippen LogP contribution >= 0.6 is 11.6 Å². The molecular formula is C37H27ClFN3O6S. The van der Waals surface area contributed by atoms with Crippen molar-refractivity contribution < 1.29 is 27.4 Å². The fourth-order valence-corrected chi connectivity index (χ4v) is 7.03. The van der Waals surface area contributed by atoms with Gasteiger partial charge in [0.05, 0.1) is 21.8 Å². The van der Waals surface area contributed by atoms with Gasteiger partial charge in [-0.25, -0.2) is 17.4 Å². The third-order valence-corrected chi connectivity index (χ3v) is 9.75. The average Bonchev–Trinajstić information content (AvgIpc) is 3.11. The number of anilines is 1. The Bertz CT molecular complexity index is 2430. The Kier molecular flexibility index (Phi) is 8.53. The number of hydrogen-bond acceptors (Lipinski definition) is 7. The van der Waals surface area contributed by atoms with Crippen LogP contribution in [0.2, 0.25) is 5.02 Å². The van der Waals surface area contributed by atoms with Crippen molar-refractivity contribution in [1.82, 2.24) is 4.57 Å². The molecule has 9 nitrogen and oxygen atoms in total. The second kappa shape index (κ2) is 13.1. The average molecular weight is 696 g/mol. The smallest absolute Gasteiger partial charge is 0.265 e. The van der Waals surface area contributed by atoms with E-state index in [2.05, 4.69) is 4.72 Å². The molecule has 0 fully saturated rings. The number of nitrogens with one attached hydrogen (secondary N) is 1. The van der Waals surface area contributed by atoms with Crippen molar-refractivity contribution in [2.45, 2.75) is 10.9 Å². The zero-order valence-electron chi connectivity index (χ0n) is 25.6. The van der Waals surface area contributed by atoms with E-state index in [1.807, 2.05) is 30.3 Å². The molecule has 5 aromatic carbocycles. The van der Waals surface area contributed by atoms with Gasteiger partial charge in [-0.1, -0.05) is 72.3 Å². The van der Waals surface area contributed by atoms with Gasteiger partial charge in [0.1, 0.15) is 25.1 Å². The number of benzene rings is 5. The highest BCUT2D eigenvalue weighted by Crippen LogP contribution is 2.38. The fraction of sp³-hybridized carbons (Fsp3) is 0.0811. The van der Waals surface area contributed by atoms with Crippen LogP contribution in [-0.2, 0) is 10.0 Å². The van der Waals surface area contributed by atoms with E-state index >= 15 is 0 Å². The molecule has 246 valence electrons. The van der Waals surface area contributed by atoms with Gasteiger partial charge in [0.2, 0.25) is 5.88 Å². The summed E-state index contributed by atoms with van der Waals surface area (Å²) in [5, 5.41) is 12.9. The molecule has 1 aromatic heterocycles. The van der Waals surface area contributed by atoms with Gasteiger partial charge in [-0.15, -0.1) is 0 Å². The van der Waals surface area contributed by atoms with Crippen molar-refractivity contribution in [3.05, 3.63) is 153 Å². The number of aromatic hydroxyl groups is 1. The van der Waals surface area contributed by atoms with E-state index in [0.29, 0.717) is 40.7 Å². The number of sulfonamides is 1. The molecule has 1 unspecified atom stereocenters. The zero-order valence-corrected chi connectivity index (χ0v) is 27.2. The molecule has 0 bridgehead atoms. The summed E-state index contributed by atoms with van der Waals surface area (Å²) in [4.78, 5) is 18.5. The predicted molar refractivity (Wildman–Crippen MR) is 187 cm³/mol. The molecule has 0 radical (unpaired) electrons. The third kappa shape index (κ3) is 6.21. The Labute approximate surface area is 285 Å². The van der Waals surface area contributed by atoms with E-state index in [1.54, 1.807) is 36.4 Å². The molecule has 2 N–H and O–H groups in total. The summed E-state index contributed by atoms with van der Waals surface area (Å²) in [6, 6.07) is 29.6. The van der Waals surface area contributed by atoms with E-state index in [4.69, 9.17) is 26.1 Å². The fourth-order valence-electron chi connectivity index (χ4n) is 5.69. The van der Waals surface area contributed by atoms with Crippen LogP contribution in [0, 0.1) is 5.82 Å². The van der Waals surface area contributed by atoms with Crippen LogP contribution in [0.5, 0.6) is 17.4 Å². The Balaban J connectivity index is 1.36. The lowest BCUT2D eigenvalue weighted by Gasteiger charge is -2.21. The molecule has 1 aliphatic rings. The summed E-state index contributed by atoms with van der Waals surface area (Å²) in [5.74, 6) is -0.0387. The maximum Gasteiger partial charge on any atom is 0.265 e. The van der Waals surface area contributed by atoms with Gasteiger partial charge in [0.15, 0.2) is 11.5 Å². The number of para-hydroxylation sites is 1. The number of nitrogens with zero attached hydrogens (tertiary/aromatic N) is 2. The third-order valence-electron chi connectivity index (χ3n) is 8.04. The molecule has 1 aliphatic heterocycles. The number of halogens is 2. The Hall–Kier alpha value is -5.65. The van der Waals surface area contributed by atoms with Gasteiger partial charge in [-0.2, -0.15) is 0 Å². The molecule has 0 amide bonds. The topological polar surface area (TPSA) is 119 Å².